The Morgan fingerprint density at radius 2 is 1.78 bits per heavy atom. The molecule has 0 saturated carbocycles. The molecule has 0 spiro atoms. The molecule has 1 unspecified atom stereocenters. The molecule has 0 amide bonds. The average Bonchev–Trinajstić information content (AvgIpc) is 3.02. The molecule has 1 saturated heterocycles. The number of carbonyl (C=O) groups excluding carboxylic acids is 1. The monoisotopic (exact) mass is 524 g/mol. The largest absolute Gasteiger partial charge is 0.430 e. The second-order valence-corrected chi connectivity index (χ2v) is 12.1. The van der Waals surface area contributed by atoms with Crippen LogP contribution < -0.4 is 10.4 Å². The third-order valence-corrected chi connectivity index (χ3v) is 8.50. The molecule has 1 aromatic heterocycles. The highest BCUT2D eigenvalue weighted by molar-refractivity contribution is 7.92. The fraction of sp³-hybridized carbons (Fsp3) is 0.440. The number of alkyl halides is 3. The van der Waals surface area contributed by atoms with Crippen molar-refractivity contribution in [3.05, 3.63) is 58.5 Å². The molecule has 0 aliphatic carbocycles. The van der Waals surface area contributed by atoms with Crippen LogP contribution in [0.1, 0.15) is 50.5 Å². The summed E-state index contributed by atoms with van der Waals surface area (Å²) in [7, 11) is -3.10. The Hall–Kier alpha value is -3.08. The van der Waals surface area contributed by atoms with Crippen LogP contribution in [-0.2, 0) is 9.84 Å². The van der Waals surface area contributed by atoms with Crippen molar-refractivity contribution in [3.8, 4) is 11.4 Å². The zero-order valence-corrected chi connectivity index (χ0v) is 21.1. The maximum absolute atomic E-state index is 13.8. The quantitative estimate of drug-likeness (QED) is 0.399. The number of aromatic nitrogens is 2. The number of benzene rings is 2. The lowest BCUT2D eigenvalue weighted by Gasteiger charge is -2.37. The summed E-state index contributed by atoms with van der Waals surface area (Å²) in [5.41, 5.74) is 0.397. The van der Waals surface area contributed by atoms with E-state index in [1.54, 1.807) is 39.0 Å². The van der Waals surface area contributed by atoms with Crippen molar-refractivity contribution in [2.45, 2.75) is 52.4 Å². The Morgan fingerprint density at radius 3 is 2.36 bits per heavy atom. The fourth-order valence-corrected chi connectivity index (χ4v) is 6.92. The molecule has 7 nitrogen and oxygen atoms in total. The Morgan fingerprint density at radius 1 is 1.11 bits per heavy atom. The molecule has 11 heteroatoms. The first-order valence-electron chi connectivity index (χ1n) is 11.4. The third kappa shape index (κ3) is 4.80. The highest BCUT2D eigenvalue weighted by Gasteiger charge is 2.45. The first kappa shape index (κ1) is 26.0. The molecule has 1 aliphatic rings. The lowest BCUT2D eigenvalue weighted by atomic mass is 9.86. The average molecular weight is 525 g/mol. The molecule has 2 aromatic carbocycles. The van der Waals surface area contributed by atoms with E-state index in [2.05, 4.69) is 4.74 Å². The zero-order valence-electron chi connectivity index (χ0n) is 20.3. The summed E-state index contributed by atoms with van der Waals surface area (Å²) in [5.74, 6) is -0.628. The van der Waals surface area contributed by atoms with Gasteiger partial charge in [-0.3, -0.25) is 13.9 Å². The molecule has 4 rings (SSSR count). The molecule has 0 bridgehead atoms. The minimum Gasteiger partial charge on any atom is -0.430 e. The van der Waals surface area contributed by atoms with Gasteiger partial charge in [-0.2, -0.15) is 8.78 Å². The molecule has 0 N–H and O–H groups in total. The lowest BCUT2D eigenvalue weighted by molar-refractivity contribution is -0.215. The molecule has 0 radical (unpaired) electrons. The van der Waals surface area contributed by atoms with Gasteiger partial charge in [-0.05, 0) is 51.1 Å². The van der Waals surface area contributed by atoms with E-state index in [9.17, 15) is 31.2 Å². The predicted molar refractivity (Wildman–Crippen MR) is 130 cm³/mol. The summed E-state index contributed by atoms with van der Waals surface area (Å²) in [6, 6.07) is 9.85. The Bertz CT molecular complexity index is 1490. The maximum Gasteiger partial charge on any atom is 0.429 e. The Labute approximate surface area is 206 Å². The van der Waals surface area contributed by atoms with Gasteiger partial charge in [-0.15, -0.1) is 0 Å². The van der Waals surface area contributed by atoms with Gasteiger partial charge in [-0.25, -0.2) is 17.6 Å². The Balaban J connectivity index is 1.76. The molecule has 1 aliphatic heterocycles. The van der Waals surface area contributed by atoms with E-state index in [4.69, 9.17) is 0 Å². The van der Waals surface area contributed by atoms with Crippen LogP contribution in [0.15, 0.2) is 47.3 Å². The van der Waals surface area contributed by atoms with E-state index in [0.717, 1.165) is 0 Å². The molecule has 2 heterocycles. The van der Waals surface area contributed by atoms with Gasteiger partial charge in [0.2, 0.25) is 6.17 Å². The van der Waals surface area contributed by atoms with Gasteiger partial charge in [0.25, 0.3) is 0 Å². The molecular weight excluding hydrogens is 497 g/mol. The number of ketones is 1. The van der Waals surface area contributed by atoms with Gasteiger partial charge < -0.3 is 4.74 Å². The standard InChI is InChI=1S/C25H27F3N2O5S/c1-15(2)29-21-10-17(22(31)12-24(4)13-36(33,34)14-24)8-9-20(21)30(23(29)32)18-6-5-7-19(11-18)35-25(27,28)16(3)26/h5-11,15-16H,12-14H2,1-4H3. The van der Waals surface area contributed by atoms with Crippen molar-refractivity contribution in [3.63, 3.8) is 0 Å². The number of carbonyl (C=O) groups is 1. The summed E-state index contributed by atoms with van der Waals surface area (Å²) in [5, 5.41) is 0. The summed E-state index contributed by atoms with van der Waals surface area (Å²) in [6.45, 7) is 6.03. The second-order valence-electron chi connectivity index (χ2n) is 10.0. The van der Waals surface area contributed by atoms with Crippen molar-refractivity contribution in [1.29, 1.82) is 0 Å². The lowest BCUT2D eigenvalue weighted by Crippen LogP contribution is -2.47. The summed E-state index contributed by atoms with van der Waals surface area (Å²) in [6.07, 6.45) is -6.52. The van der Waals surface area contributed by atoms with Crippen LogP contribution in [0.2, 0.25) is 0 Å². The number of hydrogen-bond acceptors (Lipinski definition) is 5. The van der Waals surface area contributed by atoms with Gasteiger partial charge in [0.15, 0.2) is 15.6 Å². The highest BCUT2D eigenvalue weighted by atomic mass is 32.2. The number of imidazole rings is 1. The topological polar surface area (TPSA) is 87.4 Å². The normalized spacial score (nSPS) is 17.7. The maximum atomic E-state index is 13.8. The summed E-state index contributed by atoms with van der Waals surface area (Å²) < 4.78 is 71.3. The molecule has 3 aromatic rings. The fourth-order valence-electron chi connectivity index (χ4n) is 4.68. The zero-order chi connectivity index (χ0) is 26.6. The van der Waals surface area contributed by atoms with Crippen LogP contribution in [0.4, 0.5) is 13.2 Å². The third-order valence-electron chi connectivity index (χ3n) is 6.23. The van der Waals surface area contributed by atoms with Gasteiger partial charge in [0, 0.05) is 29.5 Å². The van der Waals surface area contributed by atoms with Crippen LogP contribution in [-0.4, -0.2) is 47.1 Å². The van der Waals surface area contributed by atoms with Crippen LogP contribution in [0.25, 0.3) is 16.7 Å². The van der Waals surface area contributed by atoms with Crippen molar-refractivity contribution in [1.82, 2.24) is 9.13 Å². The number of rotatable bonds is 8. The smallest absolute Gasteiger partial charge is 0.429 e. The number of fused-ring (bicyclic) bond motifs is 1. The van der Waals surface area contributed by atoms with Gasteiger partial charge in [0.05, 0.1) is 28.2 Å². The Kier molecular flexibility index (Phi) is 6.35. The number of hydrogen-bond donors (Lipinski definition) is 0. The minimum absolute atomic E-state index is 0.0420. The van der Waals surface area contributed by atoms with Crippen molar-refractivity contribution >= 4 is 26.7 Å². The van der Waals surface area contributed by atoms with Crippen LogP contribution in [0.3, 0.4) is 0 Å². The van der Waals surface area contributed by atoms with E-state index < -0.39 is 33.2 Å². The van der Waals surface area contributed by atoms with Gasteiger partial charge >= 0.3 is 11.8 Å². The van der Waals surface area contributed by atoms with Crippen LogP contribution in [0.5, 0.6) is 5.75 Å². The van der Waals surface area contributed by atoms with Gasteiger partial charge in [0.1, 0.15) is 5.75 Å². The molecule has 1 fully saturated rings. The molecule has 1 atom stereocenters. The first-order valence-corrected chi connectivity index (χ1v) is 13.3. The van der Waals surface area contributed by atoms with Gasteiger partial charge in [-0.1, -0.05) is 13.0 Å². The number of Topliss-reactive ketones (excluding diaryl/α,β-unsaturated/α-hetero) is 1. The predicted octanol–water partition coefficient (Wildman–Crippen LogP) is 4.71. The van der Waals surface area contributed by atoms with E-state index in [0.29, 0.717) is 23.5 Å². The number of nitrogens with zero attached hydrogens (tertiary/aromatic N) is 2. The summed E-state index contributed by atoms with van der Waals surface area (Å²) in [4.78, 5) is 26.4. The molecule has 36 heavy (non-hydrogen) atoms. The van der Waals surface area contributed by atoms with Crippen LogP contribution >= 0.6 is 0 Å². The minimum atomic E-state index is -4.04. The van der Waals surface area contributed by atoms with Crippen molar-refractivity contribution < 1.29 is 31.1 Å². The van der Waals surface area contributed by atoms with E-state index in [1.807, 2.05) is 0 Å². The van der Waals surface area contributed by atoms with E-state index in [1.165, 1.54) is 33.4 Å². The summed E-state index contributed by atoms with van der Waals surface area (Å²) >= 11 is 0. The number of sulfone groups is 1. The first-order chi connectivity index (χ1) is 16.6. The van der Waals surface area contributed by atoms with Crippen molar-refractivity contribution in [2.24, 2.45) is 5.41 Å². The number of ether oxygens (including phenoxy) is 1. The van der Waals surface area contributed by atoms with Crippen molar-refractivity contribution in [2.75, 3.05) is 11.5 Å². The number of halogens is 3. The highest BCUT2D eigenvalue weighted by Crippen LogP contribution is 2.37. The molecular formula is C25H27F3N2O5S. The van der Waals surface area contributed by atoms with E-state index in [-0.39, 0.29) is 41.2 Å². The second kappa shape index (κ2) is 8.79. The van der Waals surface area contributed by atoms with E-state index >= 15 is 0 Å². The molecule has 194 valence electrons. The SMILES string of the molecule is CC(C)n1c(=O)n(-c2cccc(OC(F)(F)C(C)F)c2)c2ccc(C(=O)CC3(C)CS(=O)(=O)C3)cc21. The van der Waals surface area contributed by atoms with Crippen LogP contribution in [0, 0.1) is 5.41 Å².